The summed E-state index contributed by atoms with van der Waals surface area (Å²) in [5, 5.41) is 21.8. The van der Waals surface area contributed by atoms with Crippen LogP contribution >= 0.6 is 0 Å². The van der Waals surface area contributed by atoms with Gasteiger partial charge in [-0.3, -0.25) is 4.79 Å². The lowest BCUT2D eigenvalue weighted by Crippen LogP contribution is -2.63. The Labute approximate surface area is 177 Å². The third kappa shape index (κ3) is 2.36. The molecule has 9 atom stereocenters. The molecule has 6 heteroatoms. The van der Waals surface area contributed by atoms with Crippen LogP contribution in [0.5, 0.6) is 0 Å². The van der Waals surface area contributed by atoms with Crippen molar-refractivity contribution in [1.29, 1.82) is 0 Å². The summed E-state index contributed by atoms with van der Waals surface area (Å²) < 4.78 is 12.4. The van der Waals surface area contributed by atoms with E-state index in [0.29, 0.717) is 19.3 Å². The fraction of sp³-hybridized carbons (Fsp3) is 0.750. The number of aliphatic carboxylic acids is 1. The van der Waals surface area contributed by atoms with Gasteiger partial charge in [0.25, 0.3) is 0 Å². The zero-order valence-electron chi connectivity index (χ0n) is 18.0. The van der Waals surface area contributed by atoms with Crippen LogP contribution in [0.15, 0.2) is 23.8 Å². The highest BCUT2D eigenvalue weighted by Gasteiger charge is 2.76. The zero-order chi connectivity index (χ0) is 21.5. The topological polar surface area (TPSA) is 93.1 Å². The van der Waals surface area contributed by atoms with Crippen LogP contribution in [0.2, 0.25) is 0 Å². The van der Waals surface area contributed by atoms with Crippen molar-refractivity contribution in [1.82, 2.24) is 0 Å². The average molecular weight is 417 g/mol. The van der Waals surface area contributed by atoms with Gasteiger partial charge < -0.3 is 19.7 Å². The molecule has 1 saturated heterocycles. The summed E-state index contributed by atoms with van der Waals surface area (Å²) in [6, 6.07) is 0. The van der Waals surface area contributed by atoms with Gasteiger partial charge in [-0.15, -0.1) is 0 Å². The van der Waals surface area contributed by atoms with Gasteiger partial charge in [-0.05, 0) is 56.1 Å². The highest BCUT2D eigenvalue weighted by Crippen LogP contribution is 2.69. The quantitative estimate of drug-likeness (QED) is 0.734. The number of carbonyl (C=O) groups excluding carboxylic acids is 1. The Balaban J connectivity index is 1.55. The largest absolute Gasteiger partial charge is 0.479 e. The number of fused-ring (bicyclic) bond motifs is 7. The van der Waals surface area contributed by atoms with Crippen LogP contribution in [0, 0.1) is 28.6 Å². The van der Waals surface area contributed by atoms with Crippen molar-refractivity contribution < 1.29 is 29.3 Å². The first-order valence-electron chi connectivity index (χ1n) is 11.4. The second-order valence-electron chi connectivity index (χ2n) is 10.4. The van der Waals surface area contributed by atoms with Gasteiger partial charge >= 0.3 is 5.97 Å². The van der Waals surface area contributed by atoms with Crippen LogP contribution in [-0.4, -0.2) is 46.1 Å². The summed E-state index contributed by atoms with van der Waals surface area (Å²) in [5.74, 6) is -0.722. The molecule has 0 unspecified atom stereocenters. The number of ether oxygens (including phenoxy) is 2. The van der Waals surface area contributed by atoms with E-state index < -0.39 is 35.5 Å². The van der Waals surface area contributed by atoms with Crippen LogP contribution < -0.4 is 0 Å². The van der Waals surface area contributed by atoms with E-state index in [1.54, 1.807) is 12.2 Å². The van der Waals surface area contributed by atoms with Crippen molar-refractivity contribution in [2.24, 2.45) is 28.6 Å². The molecule has 1 heterocycles. The molecule has 0 aromatic rings. The normalized spacial score (nSPS) is 51.6. The van der Waals surface area contributed by atoms with Crippen molar-refractivity contribution >= 4 is 11.8 Å². The van der Waals surface area contributed by atoms with Crippen LogP contribution in [0.3, 0.4) is 0 Å². The van der Waals surface area contributed by atoms with E-state index in [4.69, 9.17) is 9.47 Å². The molecule has 0 spiro atoms. The predicted octanol–water partition coefficient (Wildman–Crippen LogP) is 3.24. The number of aliphatic hydroxyl groups is 1. The molecule has 4 aliphatic carbocycles. The molecule has 0 aromatic heterocycles. The van der Waals surface area contributed by atoms with Gasteiger partial charge in [-0.25, -0.2) is 4.79 Å². The number of carbonyl (C=O) groups is 2. The summed E-state index contributed by atoms with van der Waals surface area (Å²) in [7, 11) is 0. The van der Waals surface area contributed by atoms with Gasteiger partial charge in [0.15, 0.2) is 17.7 Å². The van der Waals surface area contributed by atoms with Gasteiger partial charge in [0.1, 0.15) is 6.10 Å². The number of ketones is 1. The third-order valence-corrected chi connectivity index (χ3v) is 9.13. The van der Waals surface area contributed by atoms with E-state index in [0.717, 1.165) is 24.8 Å². The Morgan fingerprint density at radius 2 is 2.10 bits per heavy atom. The summed E-state index contributed by atoms with van der Waals surface area (Å²) in [6.45, 7) is 6.15. The number of hydrogen-bond donors (Lipinski definition) is 2. The smallest absolute Gasteiger partial charge is 0.339 e. The monoisotopic (exact) mass is 416 g/mol. The standard InChI is InChI=1S/C24H32O6/c1-4-5-19-29-18-11-16-15-7-6-13-10-14(25)8-9-22(13,2)20(15)17(26)12-23(16,3)24(18,30-19)21(27)28/h8-10,15-20,26H,4-7,11-12H2,1-3H3,(H,27,28)/t15-,16+,17+,18+,19+,20-,22-,23+,24-/m0/s1. The maximum Gasteiger partial charge on any atom is 0.339 e. The second kappa shape index (κ2) is 6.50. The average Bonchev–Trinajstić information content (AvgIpc) is 3.15. The van der Waals surface area contributed by atoms with Crippen LogP contribution in [-0.2, 0) is 19.1 Å². The minimum atomic E-state index is -1.40. The number of carboxylic acid groups (broad SMARTS) is 1. The fourth-order valence-electron chi connectivity index (χ4n) is 7.87. The van der Waals surface area contributed by atoms with E-state index in [1.807, 2.05) is 19.9 Å². The van der Waals surface area contributed by atoms with Gasteiger partial charge in [-0.2, -0.15) is 0 Å². The molecule has 0 aromatic carbocycles. The van der Waals surface area contributed by atoms with E-state index in [2.05, 4.69) is 6.92 Å². The van der Waals surface area contributed by atoms with Crippen LogP contribution in [0.4, 0.5) is 0 Å². The van der Waals surface area contributed by atoms with Crippen molar-refractivity contribution in [2.75, 3.05) is 0 Å². The molecule has 30 heavy (non-hydrogen) atoms. The maximum absolute atomic E-state index is 12.7. The van der Waals surface area contributed by atoms with Crippen molar-refractivity contribution in [2.45, 2.75) is 83.4 Å². The first-order chi connectivity index (χ1) is 14.2. The number of allylic oxidation sites excluding steroid dienone is 4. The lowest BCUT2D eigenvalue weighted by Gasteiger charge is -2.59. The fourth-order valence-corrected chi connectivity index (χ4v) is 7.87. The summed E-state index contributed by atoms with van der Waals surface area (Å²) in [4.78, 5) is 24.6. The Morgan fingerprint density at radius 1 is 1.33 bits per heavy atom. The molecule has 0 bridgehead atoms. The maximum atomic E-state index is 12.7. The third-order valence-electron chi connectivity index (χ3n) is 9.13. The van der Waals surface area contributed by atoms with Crippen LogP contribution in [0.25, 0.3) is 0 Å². The van der Waals surface area contributed by atoms with Crippen molar-refractivity contribution in [3.8, 4) is 0 Å². The van der Waals surface area contributed by atoms with E-state index in [1.165, 1.54) is 0 Å². The molecule has 2 N–H and O–H groups in total. The molecule has 1 aliphatic heterocycles. The van der Waals surface area contributed by atoms with Crippen molar-refractivity contribution in [3.05, 3.63) is 23.8 Å². The highest BCUT2D eigenvalue weighted by atomic mass is 16.7. The first-order valence-corrected chi connectivity index (χ1v) is 11.4. The minimum absolute atomic E-state index is 0.0139. The molecule has 164 valence electrons. The summed E-state index contributed by atoms with van der Waals surface area (Å²) in [6.07, 6.45) is 7.90. The Hall–Kier alpha value is -1.50. The Kier molecular flexibility index (Phi) is 4.42. The molecule has 3 saturated carbocycles. The summed E-state index contributed by atoms with van der Waals surface area (Å²) in [5.41, 5.74) is -1.37. The van der Waals surface area contributed by atoms with E-state index in [-0.39, 0.29) is 29.0 Å². The lowest BCUT2D eigenvalue weighted by atomic mass is 9.46. The molecular weight excluding hydrogens is 384 g/mol. The number of aliphatic hydroxyl groups excluding tert-OH is 1. The molecule has 6 nitrogen and oxygen atoms in total. The van der Waals surface area contributed by atoms with Gasteiger partial charge in [0, 0.05) is 16.7 Å². The van der Waals surface area contributed by atoms with Gasteiger partial charge in [0.2, 0.25) is 0 Å². The first kappa shape index (κ1) is 20.4. The molecule has 4 fully saturated rings. The molecular formula is C24H32O6. The van der Waals surface area contributed by atoms with Gasteiger partial charge in [-0.1, -0.05) is 38.8 Å². The van der Waals surface area contributed by atoms with Crippen LogP contribution in [0.1, 0.15) is 59.3 Å². The number of rotatable bonds is 3. The Bertz CT molecular complexity index is 847. The van der Waals surface area contributed by atoms with E-state index in [9.17, 15) is 19.8 Å². The molecule has 0 radical (unpaired) electrons. The minimum Gasteiger partial charge on any atom is -0.479 e. The second-order valence-corrected chi connectivity index (χ2v) is 10.4. The highest BCUT2D eigenvalue weighted by molar-refractivity contribution is 6.01. The van der Waals surface area contributed by atoms with Gasteiger partial charge in [0.05, 0.1) is 6.10 Å². The zero-order valence-corrected chi connectivity index (χ0v) is 18.0. The molecule has 0 amide bonds. The van der Waals surface area contributed by atoms with E-state index >= 15 is 0 Å². The Morgan fingerprint density at radius 3 is 2.80 bits per heavy atom. The number of carboxylic acids is 1. The molecule has 5 aliphatic rings. The predicted molar refractivity (Wildman–Crippen MR) is 108 cm³/mol. The number of hydrogen-bond acceptors (Lipinski definition) is 5. The van der Waals surface area contributed by atoms with Crippen molar-refractivity contribution in [3.63, 3.8) is 0 Å². The SMILES string of the molecule is CCC[C@@H]1O[C@@H]2C[C@@H]3[C@@H]4CCC5=CC(=O)C=C[C@]5(C)[C@@H]4[C@H](O)C[C@@]3(C)[C@]2(C(=O)O)O1. The lowest BCUT2D eigenvalue weighted by molar-refractivity contribution is -0.210. The molecule has 5 rings (SSSR count). The summed E-state index contributed by atoms with van der Waals surface area (Å²) >= 11 is 0.